The van der Waals surface area contributed by atoms with Crippen molar-refractivity contribution in [2.45, 2.75) is 6.04 Å². The summed E-state index contributed by atoms with van der Waals surface area (Å²) in [6, 6.07) is 20.3. The number of hydrogen-bond donors (Lipinski definition) is 1. The van der Waals surface area contributed by atoms with Crippen LogP contribution in [0.1, 0.15) is 27.5 Å². The van der Waals surface area contributed by atoms with Crippen LogP contribution in [0.4, 0.5) is 0 Å². The molecule has 126 valence electrons. The molecule has 1 amide bonds. The van der Waals surface area contributed by atoms with Gasteiger partial charge in [0, 0.05) is 17.3 Å². The van der Waals surface area contributed by atoms with Crippen LogP contribution < -0.4 is 10.1 Å². The van der Waals surface area contributed by atoms with Crippen molar-refractivity contribution < 1.29 is 9.53 Å². The summed E-state index contributed by atoms with van der Waals surface area (Å²) in [6.45, 7) is 0. The standard InChI is InChI=1S/C20H17ClN2O2/c1-25-18-12-9-16(13-22-18)20(24)23-19(14-5-3-2-4-6-14)15-7-10-17(21)11-8-15/h2-13,19H,1H3,(H,23,24). The van der Waals surface area contributed by atoms with Crippen LogP contribution in [-0.2, 0) is 0 Å². The quantitative estimate of drug-likeness (QED) is 0.746. The fourth-order valence-electron chi connectivity index (χ4n) is 2.51. The maximum atomic E-state index is 12.7. The first-order valence-corrected chi connectivity index (χ1v) is 8.16. The van der Waals surface area contributed by atoms with E-state index in [0.29, 0.717) is 16.5 Å². The van der Waals surface area contributed by atoms with E-state index in [2.05, 4.69) is 10.3 Å². The Balaban J connectivity index is 1.89. The van der Waals surface area contributed by atoms with Crippen molar-refractivity contribution in [1.82, 2.24) is 10.3 Å². The van der Waals surface area contributed by atoms with E-state index in [4.69, 9.17) is 16.3 Å². The summed E-state index contributed by atoms with van der Waals surface area (Å²) in [4.78, 5) is 16.7. The molecule has 2 aromatic carbocycles. The molecule has 4 nitrogen and oxygen atoms in total. The topological polar surface area (TPSA) is 51.2 Å². The maximum absolute atomic E-state index is 12.7. The van der Waals surface area contributed by atoms with Crippen LogP contribution >= 0.6 is 11.6 Å². The minimum absolute atomic E-state index is 0.209. The van der Waals surface area contributed by atoms with E-state index in [1.54, 1.807) is 12.1 Å². The number of halogens is 1. The largest absolute Gasteiger partial charge is 0.481 e. The van der Waals surface area contributed by atoms with Crippen molar-refractivity contribution in [3.8, 4) is 5.88 Å². The highest BCUT2D eigenvalue weighted by molar-refractivity contribution is 6.30. The van der Waals surface area contributed by atoms with Crippen LogP contribution in [-0.4, -0.2) is 18.0 Å². The monoisotopic (exact) mass is 352 g/mol. The van der Waals surface area contributed by atoms with Gasteiger partial charge < -0.3 is 10.1 Å². The van der Waals surface area contributed by atoms with Crippen LogP contribution in [0.15, 0.2) is 72.9 Å². The van der Waals surface area contributed by atoms with Gasteiger partial charge in [0.05, 0.1) is 18.7 Å². The lowest BCUT2D eigenvalue weighted by Gasteiger charge is -2.20. The lowest BCUT2D eigenvalue weighted by atomic mass is 9.98. The zero-order chi connectivity index (χ0) is 17.6. The van der Waals surface area contributed by atoms with Gasteiger partial charge >= 0.3 is 0 Å². The molecule has 3 rings (SSSR count). The smallest absolute Gasteiger partial charge is 0.253 e. The Morgan fingerprint density at radius 3 is 2.28 bits per heavy atom. The molecular weight excluding hydrogens is 336 g/mol. The molecule has 0 spiro atoms. The van der Waals surface area contributed by atoms with Crippen LogP contribution in [0, 0.1) is 0 Å². The number of nitrogens with zero attached hydrogens (tertiary/aromatic N) is 1. The average molecular weight is 353 g/mol. The van der Waals surface area contributed by atoms with Gasteiger partial charge in [0.15, 0.2) is 0 Å². The minimum Gasteiger partial charge on any atom is -0.481 e. The Hall–Kier alpha value is -2.85. The Morgan fingerprint density at radius 2 is 1.68 bits per heavy atom. The number of benzene rings is 2. The number of ether oxygens (including phenoxy) is 1. The van der Waals surface area contributed by atoms with E-state index in [0.717, 1.165) is 11.1 Å². The van der Waals surface area contributed by atoms with Gasteiger partial charge in [-0.15, -0.1) is 0 Å². The molecule has 0 saturated carbocycles. The highest BCUT2D eigenvalue weighted by Gasteiger charge is 2.18. The number of aromatic nitrogens is 1. The van der Waals surface area contributed by atoms with Gasteiger partial charge in [0.25, 0.3) is 5.91 Å². The zero-order valence-corrected chi connectivity index (χ0v) is 14.4. The number of carbonyl (C=O) groups is 1. The number of amides is 1. The normalized spacial score (nSPS) is 11.6. The van der Waals surface area contributed by atoms with Gasteiger partial charge in [-0.1, -0.05) is 54.1 Å². The van der Waals surface area contributed by atoms with E-state index in [-0.39, 0.29) is 11.9 Å². The van der Waals surface area contributed by atoms with Crippen molar-refractivity contribution in [3.05, 3.63) is 94.6 Å². The SMILES string of the molecule is COc1ccc(C(=O)NC(c2ccccc2)c2ccc(Cl)cc2)cn1. The predicted octanol–water partition coefficient (Wildman–Crippen LogP) is 4.26. The molecule has 1 unspecified atom stereocenters. The Labute approximate surface area is 151 Å². The molecule has 0 aliphatic heterocycles. The fraction of sp³-hybridized carbons (Fsp3) is 0.100. The summed E-state index contributed by atoms with van der Waals surface area (Å²) >= 11 is 5.99. The average Bonchev–Trinajstić information content (AvgIpc) is 2.67. The number of pyridine rings is 1. The molecule has 1 atom stereocenters. The second-order valence-corrected chi connectivity index (χ2v) is 5.89. The van der Waals surface area contributed by atoms with Gasteiger partial charge in [0.1, 0.15) is 0 Å². The van der Waals surface area contributed by atoms with Gasteiger partial charge in [-0.2, -0.15) is 0 Å². The maximum Gasteiger partial charge on any atom is 0.253 e. The summed E-state index contributed by atoms with van der Waals surface area (Å²) in [5.74, 6) is 0.257. The van der Waals surface area contributed by atoms with Crippen molar-refractivity contribution >= 4 is 17.5 Å². The molecule has 0 radical (unpaired) electrons. The molecule has 1 heterocycles. The highest BCUT2D eigenvalue weighted by Crippen LogP contribution is 2.24. The number of hydrogen-bond acceptors (Lipinski definition) is 3. The van der Waals surface area contributed by atoms with Crippen LogP contribution in [0.25, 0.3) is 0 Å². The van der Waals surface area contributed by atoms with E-state index in [1.165, 1.54) is 13.3 Å². The molecule has 1 aromatic heterocycles. The third-order valence-corrected chi connectivity index (χ3v) is 4.07. The van der Waals surface area contributed by atoms with E-state index < -0.39 is 0 Å². The van der Waals surface area contributed by atoms with Crippen molar-refractivity contribution in [1.29, 1.82) is 0 Å². The molecule has 0 bridgehead atoms. The summed E-state index contributed by atoms with van der Waals surface area (Å²) in [5, 5.41) is 3.71. The molecule has 25 heavy (non-hydrogen) atoms. The number of rotatable bonds is 5. The first-order valence-electron chi connectivity index (χ1n) is 7.78. The molecule has 0 fully saturated rings. The first-order chi connectivity index (χ1) is 12.2. The van der Waals surface area contributed by atoms with Crippen molar-refractivity contribution in [2.75, 3.05) is 7.11 Å². The summed E-state index contributed by atoms with van der Waals surface area (Å²) in [7, 11) is 1.54. The lowest BCUT2D eigenvalue weighted by Crippen LogP contribution is -2.29. The summed E-state index contributed by atoms with van der Waals surface area (Å²) < 4.78 is 5.02. The van der Waals surface area contributed by atoms with Gasteiger partial charge in [0.2, 0.25) is 5.88 Å². The van der Waals surface area contributed by atoms with Crippen LogP contribution in [0.2, 0.25) is 5.02 Å². The van der Waals surface area contributed by atoms with Crippen molar-refractivity contribution in [3.63, 3.8) is 0 Å². The van der Waals surface area contributed by atoms with E-state index in [1.807, 2.05) is 54.6 Å². The molecular formula is C20H17ClN2O2. The number of carbonyl (C=O) groups excluding carboxylic acids is 1. The zero-order valence-electron chi connectivity index (χ0n) is 13.6. The van der Waals surface area contributed by atoms with Crippen molar-refractivity contribution in [2.24, 2.45) is 0 Å². The molecule has 5 heteroatoms. The number of methoxy groups -OCH3 is 1. The molecule has 0 saturated heterocycles. The summed E-state index contributed by atoms with van der Waals surface area (Å²) in [6.07, 6.45) is 1.50. The fourth-order valence-corrected chi connectivity index (χ4v) is 2.64. The van der Waals surface area contributed by atoms with Gasteiger partial charge in [-0.3, -0.25) is 4.79 Å². The van der Waals surface area contributed by atoms with Gasteiger partial charge in [-0.05, 0) is 29.3 Å². The third-order valence-electron chi connectivity index (χ3n) is 3.82. The second-order valence-electron chi connectivity index (χ2n) is 5.46. The minimum atomic E-state index is -0.284. The first kappa shape index (κ1) is 17.0. The Bertz CT molecular complexity index is 834. The second kappa shape index (κ2) is 7.81. The van der Waals surface area contributed by atoms with E-state index in [9.17, 15) is 4.79 Å². The van der Waals surface area contributed by atoms with Crippen LogP contribution in [0.5, 0.6) is 5.88 Å². The molecule has 0 aliphatic carbocycles. The third kappa shape index (κ3) is 4.17. The summed E-state index contributed by atoms with van der Waals surface area (Å²) in [5.41, 5.74) is 2.40. The number of nitrogens with one attached hydrogen (secondary N) is 1. The highest BCUT2D eigenvalue weighted by atomic mass is 35.5. The molecule has 3 aromatic rings. The lowest BCUT2D eigenvalue weighted by molar-refractivity contribution is 0.0942. The molecule has 0 aliphatic rings. The predicted molar refractivity (Wildman–Crippen MR) is 98.0 cm³/mol. The van der Waals surface area contributed by atoms with Gasteiger partial charge in [-0.25, -0.2) is 4.98 Å². The molecule has 1 N–H and O–H groups in total. The van der Waals surface area contributed by atoms with E-state index >= 15 is 0 Å². The Morgan fingerprint density at radius 1 is 1.00 bits per heavy atom. The Kier molecular flexibility index (Phi) is 5.31. The van der Waals surface area contributed by atoms with Crippen LogP contribution in [0.3, 0.4) is 0 Å².